The van der Waals surface area contributed by atoms with Crippen LogP contribution in [0.1, 0.15) is 63.9 Å². The summed E-state index contributed by atoms with van der Waals surface area (Å²) in [5, 5.41) is 4.26. The summed E-state index contributed by atoms with van der Waals surface area (Å²) >= 11 is 6.14. The van der Waals surface area contributed by atoms with E-state index in [4.69, 9.17) is 11.6 Å². The molecule has 0 heterocycles. The summed E-state index contributed by atoms with van der Waals surface area (Å²) in [6, 6.07) is 6.13. The maximum atomic E-state index is 6.14. The van der Waals surface area contributed by atoms with Crippen LogP contribution in [0.5, 0.6) is 0 Å². The van der Waals surface area contributed by atoms with Gasteiger partial charge in [0.25, 0.3) is 0 Å². The van der Waals surface area contributed by atoms with Crippen LogP contribution in [0.25, 0.3) is 0 Å². The fraction of sp³-hybridized carbons (Fsp3) is 0.647. The Morgan fingerprint density at radius 2 is 1.58 bits per heavy atom. The molecule has 0 saturated carbocycles. The van der Waals surface area contributed by atoms with Crippen LogP contribution in [0.15, 0.2) is 18.2 Å². The van der Waals surface area contributed by atoms with E-state index in [1.165, 1.54) is 56.9 Å². The maximum Gasteiger partial charge on any atom is 0.0637 e. The molecule has 1 rings (SSSR count). The minimum Gasteiger partial charge on any atom is -0.384 e. The summed E-state index contributed by atoms with van der Waals surface area (Å²) < 4.78 is 0. The highest BCUT2D eigenvalue weighted by molar-refractivity contribution is 6.33. The summed E-state index contributed by atoms with van der Waals surface area (Å²) in [4.78, 5) is 0. The zero-order chi connectivity index (χ0) is 13.9. The third-order valence-corrected chi connectivity index (χ3v) is 3.80. The molecule has 0 amide bonds. The smallest absolute Gasteiger partial charge is 0.0637 e. The summed E-state index contributed by atoms with van der Waals surface area (Å²) in [6.45, 7) is 5.39. The molecule has 0 bridgehead atoms. The number of rotatable bonds is 10. The number of hydrogen-bond donors (Lipinski definition) is 1. The van der Waals surface area contributed by atoms with Crippen LogP contribution in [0.3, 0.4) is 0 Å². The van der Waals surface area contributed by atoms with Gasteiger partial charge in [0.2, 0.25) is 0 Å². The Hall–Kier alpha value is -0.690. The zero-order valence-corrected chi connectivity index (χ0v) is 13.2. The van der Waals surface area contributed by atoms with E-state index in [9.17, 15) is 0 Å². The normalized spacial score (nSPS) is 10.7. The van der Waals surface area contributed by atoms with Crippen LogP contribution in [0.2, 0.25) is 5.02 Å². The Balaban J connectivity index is 2.03. The van der Waals surface area contributed by atoms with E-state index in [-0.39, 0.29) is 0 Å². The Bertz CT molecular complexity index is 349. The first-order chi connectivity index (χ1) is 9.24. The van der Waals surface area contributed by atoms with E-state index in [1.807, 2.05) is 12.1 Å². The molecule has 0 spiro atoms. The van der Waals surface area contributed by atoms with E-state index in [2.05, 4.69) is 25.2 Å². The highest BCUT2D eigenvalue weighted by Crippen LogP contribution is 2.22. The van der Waals surface area contributed by atoms with Gasteiger partial charge in [0.15, 0.2) is 0 Å². The molecule has 108 valence electrons. The van der Waals surface area contributed by atoms with Crippen molar-refractivity contribution in [1.82, 2.24) is 0 Å². The SMILES string of the molecule is CCCCCCCCCCNc1cc(C)ccc1Cl. The molecule has 1 aromatic rings. The number of halogens is 1. The second-order valence-electron chi connectivity index (χ2n) is 5.38. The van der Waals surface area contributed by atoms with Crippen LogP contribution in [0.4, 0.5) is 5.69 Å². The first-order valence-electron chi connectivity index (χ1n) is 7.74. The minimum absolute atomic E-state index is 0.824. The second kappa shape index (κ2) is 10.1. The quantitative estimate of drug-likeness (QED) is 0.503. The molecule has 0 radical (unpaired) electrons. The van der Waals surface area contributed by atoms with Crippen molar-refractivity contribution in [2.24, 2.45) is 0 Å². The molecule has 1 aromatic carbocycles. The lowest BCUT2D eigenvalue weighted by atomic mass is 10.1. The third-order valence-electron chi connectivity index (χ3n) is 3.47. The van der Waals surface area contributed by atoms with Crippen LogP contribution < -0.4 is 5.32 Å². The number of unbranched alkanes of at least 4 members (excludes halogenated alkanes) is 7. The maximum absolute atomic E-state index is 6.14. The molecule has 0 aliphatic heterocycles. The fourth-order valence-electron chi connectivity index (χ4n) is 2.26. The van der Waals surface area contributed by atoms with Gasteiger partial charge in [0.1, 0.15) is 0 Å². The van der Waals surface area contributed by atoms with Crippen molar-refractivity contribution in [1.29, 1.82) is 0 Å². The van der Waals surface area contributed by atoms with Crippen molar-refractivity contribution in [3.63, 3.8) is 0 Å². The van der Waals surface area contributed by atoms with Crippen molar-refractivity contribution < 1.29 is 0 Å². The van der Waals surface area contributed by atoms with Crippen LogP contribution in [-0.2, 0) is 0 Å². The predicted octanol–water partition coefficient (Wildman–Crippen LogP) is 6.20. The summed E-state index contributed by atoms with van der Waals surface area (Å²) in [5.41, 5.74) is 2.33. The third kappa shape index (κ3) is 7.47. The molecule has 0 aromatic heterocycles. The van der Waals surface area contributed by atoms with Crippen LogP contribution in [0, 0.1) is 6.92 Å². The van der Waals surface area contributed by atoms with Gasteiger partial charge in [-0.2, -0.15) is 0 Å². The highest BCUT2D eigenvalue weighted by atomic mass is 35.5. The van der Waals surface area contributed by atoms with Gasteiger partial charge in [-0.1, -0.05) is 69.5 Å². The zero-order valence-electron chi connectivity index (χ0n) is 12.5. The largest absolute Gasteiger partial charge is 0.384 e. The lowest BCUT2D eigenvalue weighted by molar-refractivity contribution is 0.581. The molecule has 0 atom stereocenters. The molecule has 1 N–H and O–H groups in total. The van der Waals surface area contributed by atoms with Gasteiger partial charge in [0.05, 0.1) is 10.7 Å². The molecular weight excluding hydrogens is 254 g/mol. The molecule has 0 aliphatic carbocycles. The molecular formula is C17H28ClN. The number of benzene rings is 1. The molecule has 1 nitrogen and oxygen atoms in total. The Labute approximate surface area is 123 Å². The monoisotopic (exact) mass is 281 g/mol. The predicted molar refractivity (Wildman–Crippen MR) is 87.3 cm³/mol. The number of hydrogen-bond acceptors (Lipinski definition) is 1. The average Bonchev–Trinajstić information content (AvgIpc) is 2.40. The van der Waals surface area contributed by atoms with E-state index >= 15 is 0 Å². The first kappa shape index (κ1) is 16.4. The minimum atomic E-state index is 0.824. The average molecular weight is 282 g/mol. The van der Waals surface area contributed by atoms with Gasteiger partial charge in [0, 0.05) is 6.54 Å². The summed E-state index contributed by atoms with van der Waals surface area (Å²) in [7, 11) is 0. The number of aryl methyl sites for hydroxylation is 1. The van der Waals surface area contributed by atoms with Crippen molar-refractivity contribution >= 4 is 17.3 Å². The van der Waals surface area contributed by atoms with Gasteiger partial charge >= 0.3 is 0 Å². The van der Waals surface area contributed by atoms with E-state index in [0.29, 0.717) is 0 Å². The van der Waals surface area contributed by atoms with Gasteiger partial charge in [-0.3, -0.25) is 0 Å². The van der Waals surface area contributed by atoms with Crippen molar-refractivity contribution in [2.45, 2.75) is 65.2 Å². The van der Waals surface area contributed by atoms with Crippen LogP contribution in [-0.4, -0.2) is 6.54 Å². The van der Waals surface area contributed by atoms with Gasteiger partial charge in [-0.15, -0.1) is 0 Å². The topological polar surface area (TPSA) is 12.0 Å². The van der Waals surface area contributed by atoms with E-state index < -0.39 is 0 Å². The Kier molecular flexibility index (Phi) is 8.73. The molecule has 0 unspecified atom stereocenters. The molecule has 2 heteroatoms. The second-order valence-corrected chi connectivity index (χ2v) is 5.79. The van der Waals surface area contributed by atoms with E-state index in [0.717, 1.165) is 17.3 Å². The molecule has 19 heavy (non-hydrogen) atoms. The molecule has 0 aliphatic rings. The van der Waals surface area contributed by atoms with Gasteiger partial charge in [-0.05, 0) is 31.0 Å². The standard InChI is InChI=1S/C17H28ClN/c1-3-4-5-6-7-8-9-10-13-19-17-14-15(2)11-12-16(17)18/h11-12,14,19H,3-10,13H2,1-2H3. The van der Waals surface area contributed by atoms with Crippen molar-refractivity contribution in [3.8, 4) is 0 Å². The lowest BCUT2D eigenvalue weighted by Crippen LogP contribution is -2.02. The van der Waals surface area contributed by atoms with Gasteiger partial charge in [-0.25, -0.2) is 0 Å². The van der Waals surface area contributed by atoms with Crippen LogP contribution >= 0.6 is 11.6 Å². The first-order valence-corrected chi connectivity index (χ1v) is 8.12. The Morgan fingerprint density at radius 1 is 0.947 bits per heavy atom. The van der Waals surface area contributed by atoms with Crippen molar-refractivity contribution in [2.75, 3.05) is 11.9 Å². The van der Waals surface area contributed by atoms with E-state index in [1.54, 1.807) is 0 Å². The molecule has 0 saturated heterocycles. The van der Waals surface area contributed by atoms with Gasteiger partial charge < -0.3 is 5.32 Å². The lowest BCUT2D eigenvalue weighted by Gasteiger charge is -2.09. The molecule has 0 fully saturated rings. The summed E-state index contributed by atoms with van der Waals surface area (Å²) in [5.74, 6) is 0. The number of anilines is 1. The summed E-state index contributed by atoms with van der Waals surface area (Å²) in [6.07, 6.45) is 10.9. The fourth-order valence-corrected chi connectivity index (χ4v) is 2.44. The Morgan fingerprint density at radius 3 is 2.26 bits per heavy atom. The van der Waals surface area contributed by atoms with Crippen molar-refractivity contribution in [3.05, 3.63) is 28.8 Å². The number of nitrogens with one attached hydrogen (secondary N) is 1. The highest BCUT2D eigenvalue weighted by Gasteiger charge is 1.99.